The smallest absolute Gasteiger partial charge is 0.200 e. The van der Waals surface area contributed by atoms with Crippen LogP contribution in [0, 0.1) is 0 Å². The average molecular weight is 383 g/mol. The van der Waals surface area contributed by atoms with Crippen LogP contribution in [0.4, 0.5) is 0 Å². The monoisotopic (exact) mass is 382 g/mol. The Hall–Kier alpha value is -2.01. The molecule has 0 spiro atoms. The van der Waals surface area contributed by atoms with Crippen molar-refractivity contribution in [3.8, 4) is 0 Å². The summed E-state index contributed by atoms with van der Waals surface area (Å²) in [6.45, 7) is 4.22. The van der Waals surface area contributed by atoms with E-state index < -0.39 is 6.29 Å². The van der Waals surface area contributed by atoms with Crippen molar-refractivity contribution < 1.29 is 19.3 Å². The highest BCUT2D eigenvalue weighted by Crippen LogP contribution is 2.32. The molecule has 2 aromatic rings. The number of carbonyl (C=O) groups excluding carboxylic acids is 1. The van der Waals surface area contributed by atoms with E-state index in [1.807, 2.05) is 61.5 Å². The molecule has 0 aromatic heterocycles. The molecule has 0 saturated carbocycles. The Morgan fingerprint density at radius 2 is 1.64 bits per heavy atom. The molecule has 2 aromatic carbocycles. The van der Waals surface area contributed by atoms with Gasteiger partial charge < -0.3 is 4.74 Å². The number of hydrogen-bond donors (Lipinski definition) is 0. The fourth-order valence-electron chi connectivity index (χ4n) is 3.54. The van der Waals surface area contributed by atoms with Crippen molar-refractivity contribution in [1.82, 2.24) is 0 Å². The van der Waals surface area contributed by atoms with Crippen molar-refractivity contribution in [2.24, 2.45) is 0 Å². The van der Waals surface area contributed by atoms with E-state index in [2.05, 4.69) is 6.92 Å². The molecule has 0 aliphatic carbocycles. The van der Waals surface area contributed by atoms with Crippen LogP contribution in [-0.2, 0) is 14.5 Å². The minimum absolute atomic E-state index is 0.00874. The first kappa shape index (κ1) is 20.7. The lowest BCUT2D eigenvalue weighted by atomic mass is 9.91. The third-order valence-corrected chi connectivity index (χ3v) is 5.23. The molecule has 0 N–H and O–H groups in total. The summed E-state index contributed by atoms with van der Waals surface area (Å²) in [5.41, 5.74) is 2.27. The van der Waals surface area contributed by atoms with Crippen molar-refractivity contribution in [3.05, 3.63) is 71.3 Å². The highest BCUT2D eigenvalue weighted by Gasteiger charge is 2.34. The van der Waals surface area contributed by atoms with Crippen LogP contribution >= 0.6 is 0 Å². The van der Waals surface area contributed by atoms with E-state index in [-0.39, 0.29) is 18.0 Å². The fraction of sp³-hybridized carbons (Fsp3) is 0.458. The van der Waals surface area contributed by atoms with Crippen LogP contribution in [-0.4, -0.2) is 18.4 Å². The summed E-state index contributed by atoms with van der Waals surface area (Å²) in [5.74, 6) is -0.108. The summed E-state index contributed by atoms with van der Waals surface area (Å²) in [6.07, 6.45) is 6.01. The van der Waals surface area contributed by atoms with Gasteiger partial charge in [-0.05, 0) is 12.0 Å². The van der Waals surface area contributed by atoms with E-state index in [0.717, 1.165) is 18.4 Å². The SMILES string of the molecule is CCCCCCCC1OOC(C(C)c2ccccc2C(=O)c2ccccc2)O1. The van der Waals surface area contributed by atoms with E-state index in [0.29, 0.717) is 11.1 Å². The Balaban J connectivity index is 1.62. The van der Waals surface area contributed by atoms with Crippen LogP contribution < -0.4 is 0 Å². The number of hydrogen-bond acceptors (Lipinski definition) is 4. The van der Waals surface area contributed by atoms with E-state index in [4.69, 9.17) is 14.5 Å². The molecule has 0 bridgehead atoms. The first-order chi connectivity index (χ1) is 13.7. The minimum Gasteiger partial charge on any atom is -0.317 e. The second-order valence-corrected chi connectivity index (χ2v) is 7.40. The molecule has 28 heavy (non-hydrogen) atoms. The van der Waals surface area contributed by atoms with Gasteiger partial charge in [-0.25, -0.2) is 9.78 Å². The van der Waals surface area contributed by atoms with Crippen LogP contribution in [0.3, 0.4) is 0 Å². The number of ketones is 1. The summed E-state index contributed by atoms with van der Waals surface area (Å²) in [4.78, 5) is 23.8. The molecule has 0 amide bonds. The average Bonchev–Trinajstić information content (AvgIpc) is 3.22. The lowest BCUT2D eigenvalue weighted by Gasteiger charge is -2.19. The maximum atomic E-state index is 13.0. The summed E-state index contributed by atoms with van der Waals surface area (Å²) in [7, 11) is 0. The quantitative estimate of drug-likeness (QED) is 0.287. The van der Waals surface area contributed by atoms with Gasteiger partial charge in [0.2, 0.25) is 6.29 Å². The van der Waals surface area contributed by atoms with Gasteiger partial charge in [-0.2, -0.15) is 0 Å². The van der Waals surface area contributed by atoms with E-state index >= 15 is 0 Å². The number of carbonyl (C=O) groups is 1. The zero-order valence-electron chi connectivity index (χ0n) is 16.8. The van der Waals surface area contributed by atoms with Gasteiger partial charge in [0.05, 0.1) is 0 Å². The van der Waals surface area contributed by atoms with Crippen molar-refractivity contribution in [3.63, 3.8) is 0 Å². The Kier molecular flexibility index (Phi) is 7.78. The molecule has 0 radical (unpaired) electrons. The first-order valence-electron chi connectivity index (χ1n) is 10.4. The predicted molar refractivity (Wildman–Crippen MR) is 109 cm³/mol. The van der Waals surface area contributed by atoms with Crippen LogP contribution in [0.1, 0.15) is 79.8 Å². The Morgan fingerprint density at radius 1 is 0.929 bits per heavy atom. The molecule has 1 aliphatic rings. The third kappa shape index (κ3) is 5.28. The van der Waals surface area contributed by atoms with Crippen molar-refractivity contribution in [1.29, 1.82) is 0 Å². The topological polar surface area (TPSA) is 44.8 Å². The normalized spacial score (nSPS) is 20.2. The Bertz CT molecular complexity index is 743. The molecule has 4 heteroatoms. The molecule has 4 nitrogen and oxygen atoms in total. The zero-order valence-corrected chi connectivity index (χ0v) is 16.8. The van der Waals surface area contributed by atoms with Crippen LogP contribution in [0.5, 0.6) is 0 Å². The lowest BCUT2D eigenvalue weighted by Crippen LogP contribution is -2.21. The summed E-state index contributed by atoms with van der Waals surface area (Å²) >= 11 is 0. The summed E-state index contributed by atoms with van der Waals surface area (Å²) < 4.78 is 5.97. The highest BCUT2D eigenvalue weighted by molar-refractivity contribution is 6.10. The Morgan fingerprint density at radius 3 is 2.43 bits per heavy atom. The zero-order chi connectivity index (χ0) is 19.8. The Labute approximate surface area is 167 Å². The standard InChI is InChI=1S/C24H30O4/c1-3-4-5-6-10-17-22-26-24(28-27-22)18(2)20-15-11-12-16-21(20)23(25)19-13-8-7-9-14-19/h7-9,11-16,18,22,24H,3-6,10,17H2,1-2H3. The number of unbranched alkanes of at least 4 members (excludes halogenated alkanes) is 4. The molecule has 3 atom stereocenters. The van der Waals surface area contributed by atoms with E-state index in [1.165, 1.54) is 25.7 Å². The third-order valence-electron chi connectivity index (χ3n) is 5.23. The summed E-state index contributed by atoms with van der Waals surface area (Å²) in [6, 6.07) is 17.0. The minimum atomic E-state index is -0.509. The van der Waals surface area contributed by atoms with Gasteiger partial charge in [0, 0.05) is 23.5 Å². The molecular weight excluding hydrogens is 352 g/mol. The summed E-state index contributed by atoms with van der Waals surface area (Å²) in [5, 5.41) is 0. The van der Waals surface area contributed by atoms with Gasteiger partial charge >= 0.3 is 0 Å². The van der Waals surface area contributed by atoms with Crippen molar-refractivity contribution in [2.75, 3.05) is 0 Å². The van der Waals surface area contributed by atoms with Gasteiger partial charge in [-0.15, -0.1) is 0 Å². The second-order valence-electron chi connectivity index (χ2n) is 7.40. The van der Waals surface area contributed by atoms with Gasteiger partial charge in [-0.1, -0.05) is 94.1 Å². The molecule has 1 fully saturated rings. The largest absolute Gasteiger partial charge is 0.317 e. The maximum absolute atomic E-state index is 13.0. The number of ether oxygens (including phenoxy) is 1. The molecule has 1 aliphatic heterocycles. The molecule has 3 unspecified atom stereocenters. The van der Waals surface area contributed by atoms with Gasteiger partial charge in [0.1, 0.15) is 0 Å². The van der Waals surface area contributed by atoms with Crippen LogP contribution in [0.25, 0.3) is 0 Å². The molecule has 3 rings (SSSR count). The predicted octanol–water partition coefficient (Wildman–Crippen LogP) is 6.01. The van der Waals surface area contributed by atoms with Gasteiger partial charge in [-0.3, -0.25) is 4.79 Å². The highest BCUT2D eigenvalue weighted by atomic mass is 17.3. The fourth-order valence-corrected chi connectivity index (χ4v) is 3.54. The molecule has 150 valence electrons. The molecular formula is C24H30O4. The van der Waals surface area contributed by atoms with Gasteiger partial charge in [0.15, 0.2) is 12.1 Å². The number of benzene rings is 2. The van der Waals surface area contributed by atoms with E-state index in [1.54, 1.807) is 0 Å². The van der Waals surface area contributed by atoms with Gasteiger partial charge in [0.25, 0.3) is 0 Å². The molecule has 1 saturated heterocycles. The van der Waals surface area contributed by atoms with Crippen molar-refractivity contribution in [2.45, 2.75) is 70.9 Å². The maximum Gasteiger partial charge on any atom is 0.200 e. The molecule has 1 heterocycles. The first-order valence-corrected chi connectivity index (χ1v) is 10.4. The second kappa shape index (κ2) is 10.5. The van der Waals surface area contributed by atoms with E-state index in [9.17, 15) is 4.79 Å². The number of rotatable bonds is 10. The van der Waals surface area contributed by atoms with Crippen molar-refractivity contribution >= 4 is 5.78 Å². The lowest BCUT2D eigenvalue weighted by molar-refractivity contribution is -0.299. The van der Waals surface area contributed by atoms with Crippen LogP contribution in [0.2, 0.25) is 0 Å². The van der Waals surface area contributed by atoms with Crippen LogP contribution in [0.15, 0.2) is 54.6 Å².